The second-order valence-electron chi connectivity index (χ2n) is 5.22. The van der Waals surface area contributed by atoms with Gasteiger partial charge in [0.1, 0.15) is 6.04 Å². The summed E-state index contributed by atoms with van der Waals surface area (Å²) in [5.41, 5.74) is 2.27. The van der Waals surface area contributed by atoms with Gasteiger partial charge in [-0.25, -0.2) is 0 Å². The largest absolute Gasteiger partial charge is 0.361 e. The number of H-pyrrole nitrogens is 1. The Kier molecular flexibility index (Phi) is 4.98. The average Bonchev–Trinajstić information content (AvgIpc) is 2.88. The molecule has 1 aromatic heterocycles. The number of carbonyl (C=O) groups excluding carboxylic acids is 2. The summed E-state index contributed by atoms with van der Waals surface area (Å²) in [6.07, 6.45) is 3.87. The molecule has 112 valence electrons. The molecule has 1 heterocycles. The maximum Gasteiger partial charge on any atom is 0.242 e. The summed E-state index contributed by atoms with van der Waals surface area (Å²) in [6, 6.07) is 7.63. The van der Waals surface area contributed by atoms with Gasteiger partial charge in [-0.3, -0.25) is 9.59 Å². The van der Waals surface area contributed by atoms with Crippen LogP contribution < -0.4 is 10.6 Å². The van der Waals surface area contributed by atoms with Crippen LogP contribution in [0, 0.1) is 0 Å². The van der Waals surface area contributed by atoms with Gasteiger partial charge in [-0.05, 0) is 31.4 Å². The summed E-state index contributed by atoms with van der Waals surface area (Å²) in [6.45, 7) is 3.83. The van der Waals surface area contributed by atoms with Crippen LogP contribution in [0.2, 0.25) is 0 Å². The monoisotopic (exact) mass is 287 g/mol. The molecule has 0 radical (unpaired) electrons. The normalized spacial score (nSPS) is 13.6. The molecule has 2 amide bonds. The van der Waals surface area contributed by atoms with E-state index in [9.17, 15) is 9.59 Å². The van der Waals surface area contributed by atoms with E-state index in [4.69, 9.17) is 0 Å². The number of aromatic amines is 1. The van der Waals surface area contributed by atoms with Gasteiger partial charge in [0.2, 0.25) is 12.3 Å². The number of benzene rings is 1. The molecule has 0 aliphatic heterocycles. The molecule has 0 aliphatic rings. The van der Waals surface area contributed by atoms with Crippen LogP contribution in [0.1, 0.15) is 25.8 Å². The van der Waals surface area contributed by atoms with Crippen LogP contribution in [0.25, 0.3) is 10.9 Å². The van der Waals surface area contributed by atoms with E-state index in [1.165, 1.54) is 10.9 Å². The number of hydrogen-bond acceptors (Lipinski definition) is 2. The Morgan fingerprint density at radius 3 is 2.86 bits per heavy atom. The molecule has 5 nitrogen and oxygen atoms in total. The molecule has 0 bridgehead atoms. The minimum absolute atomic E-state index is 0.000733. The number of carbonyl (C=O) groups is 2. The van der Waals surface area contributed by atoms with Crippen molar-refractivity contribution in [1.82, 2.24) is 15.6 Å². The standard InChI is InChI=1S/C16H21N3O2/c1-3-14(18-10-20)16(21)19-11(2)8-12-9-17-15-7-5-4-6-13(12)15/h4-7,9-11,14,17H,3,8H2,1-2H3,(H,18,20)(H,19,21)/t11?,14-/m0/s1. The SMILES string of the molecule is CC[C@H](NC=O)C(=O)NC(C)Cc1c[nH]c2ccccc12. The van der Waals surface area contributed by atoms with E-state index in [2.05, 4.69) is 21.7 Å². The quantitative estimate of drug-likeness (QED) is 0.679. The molecule has 0 fully saturated rings. The number of hydrogen-bond donors (Lipinski definition) is 3. The summed E-state index contributed by atoms with van der Waals surface area (Å²) in [5, 5.41) is 6.65. The predicted octanol–water partition coefficient (Wildman–Crippen LogP) is 1.74. The molecule has 0 spiro atoms. The zero-order valence-electron chi connectivity index (χ0n) is 12.3. The van der Waals surface area contributed by atoms with E-state index >= 15 is 0 Å². The van der Waals surface area contributed by atoms with Crippen molar-refractivity contribution < 1.29 is 9.59 Å². The van der Waals surface area contributed by atoms with E-state index in [0.29, 0.717) is 12.8 Å². The smallest absolute Gasteiger partial charge is 0.242 e. The minimum atomic E-state index is -0.465. The summed E-state index contributed by atoms with van der Waals surface area (Å²) in [4.78, 5) is 25.7. The lowest BCUT2D eigenvalue weighted by Crippen LogP contribution is -2.46. The van der Waals surface area contributed by atoms with E-state index in [-0.39, 0.29) is 11.9 Å². The third kappa shape index (κ3) is 3.62. The molecule has 2 aromatic rings. The van der Waals surface area contributed by atoms with Gasteiger partial charge in [0.05, 0.1) is 0 Å². The van der Waals surface area contributed by atoms with Gasteiger partial charge in [-0.1, -0.05) is 25.1 Å². The van der Waals surface area contributed by atoms with Gasteiger partial charge in [0, 0.05) is 23.1 Å². The summed E-state index contributed by atoms with van der Waals surface area (Å²) >= 11 is 0. The number of para-hydroxylation sites is 1. The minimum Gasteiger partial charge on any atom is -0.361 e. The first-order chi connectivity index (χ1) is 10.2. The number of nitrogens with one attached hydrogen (secondary N) is 3. The molecule has 2 atom stereocenters. The first kappa shape index (κ1) is 15.1. The number of amides is 2. The number of rotatable bonds is 7. The van der Waals surface area contributed by atoms with E-state index < -0.39 is 6.04 Å². The zero-order chi connectivity index (χ0) is 15.2. The highest BCUT2D eigenvalue weighted by Gasteiger charge is 2.18. The molecular formula is C16H21N3O2. The maximum absolute atomic E-state index is 12.0. The summed E-state index contributed by atoms with van der Waals surface area (Å²) in [5.74, 6) is -0.142. The molecule has 2 rings (SSSR count). The van der Waals surface area contributed by atoms with Crippen LogP contribution in [-0.2, 0) is 16.0 Å². The fraction of sp³-hybridized carbons (Fsp3) is 0.375. The Balaban J connectivity index is 1.99. The number of fused-ring (bicyclic) bond motifs is 1. The van der Waals surface area contributed by atoms with Gasteiger partial charge in [0.15, 0.2) is 0 Å². The van der Waals surface area contributed by atoms with Gasteiger partial charge in [-0.2, -0.15) is 0 Å². The molecule has 3 N–H and O–H groups in total. The highest BCUT2D eigenvalue weighted by atomic mass is 16.2. The zero-order valence-corrected chi connectivity index (χ0v) is 12.3. The fourth-order valence-corrected chi connectivity index (χ4v) is 2.49. The van der Waals surface area contributed by atoms with Crippen molar-refractivity contribution in [2.75, 3.05) is 0 Å². The first-order valence-corrected chi connectivity index (χ1v) is 7.20. The van der Waals surface area contributed by atoms with Crippen molar-refractivity contribution in [1.29, 1.82) is 0 Å². The second kappa shape index (κ2) is 6.92. The molecule has 21 heavy (non-hydrogen) atoms. The molecule has 5 heteroatoms. The lowest BCUT2D eigenvalue weighted by atomic mass is 10.1. The van der Waals surface area contributed by atoms with Crippen LogP contribution >= 0.6 is 0 Å². The molecule has 1 aromatic carbocycles. The Hall–Kier alpha value is -2.30. The Morgan fingerprint density at radius 2 is 2.14 bits per heavy atom. The third-order valence-electron chi connectivity index (χ3n) is 3.58. The van der Waals surface area contributed by atoms with Crippen molar-refractivity contribution in [2.24, 2.45) is 0 Å². The number of aromatic nitrogens is 1. The van der Waals surface area contributed by atoms with E-state index in [1.807, 2.05) is 38.2 Å². The molecule has 1 unspecified atom stereocenters. The second-order valence-corrected chi connectivity index (χ2v) is 5.22. The van der Waals surface area contributed by atoms with Crippen LogP contribution in [0.15, 0.2) is 30.5 Å². The first-order valence-electron chi connectivity index (χ1n) is 7.20. The van der Waals surface area contributed by atoms with E-state index in [1.54, 1.807) is 0 Å². The van der Waals surface area contributed by atoms with Gasteiger partial charge < -0.3 is 15.6 Å². The van der Waals surface area contributed by atoms with E-state index in [0.717, 1.165) is 11.9 Å². The average molecular weight is 287 g/mol. The van der Waals surface area contributed by atoms with Crippen molar-refractivity contribution in [3.8, 4) is 0 Å². The highest BCUT2D eigenvalue weighted by Crippen LogP contribution is 2.18. The maximum atomic E-state index is 12.0. The van der Waals surface area contributed by atoms with Gasteiger partial charge in [0.25, 0.3) is 0 Å². The predicted molar refractivity (Wildman–Crippen MR) is 82.9 cm³/mol. The Labute approximate surface area is 124 Å². The summed E-state index contributed by atoms with van der Waals surface area (Å²) in [7, 11) is 0. The lowest BCUT2D eigenvalue weighted by Gasteiger charge is -2.18. The topological polar surface area (TPSA) is 74.0 Å². The molecular weight excluding hydrogens is 266 g/mol. The van der Waals surface area contributed by atoms with Crippen molar-refractivity contribution in [2.45, 2.75) is 38.8 Å². The van der Waals surface area contributed by atoms with Crippen LogP contribution in [0.5, 0.6) is 0 Å². The highest BCUT2D eigenvalue weighted by molar-refractivity contribution is 5.84. The molecule has 0 aliphatic carbocycles. The van der Waals surface area contributed by atoms with Gasteiger partial charge >= 0.3 is 0 Å². The fourth-order valence-electron chi connectivity index (χ4n) is 2.49. The Bertz CT molecular complexity index is 621. The summed E-state index contributed by atoms with van der Waals surface area (Å²) < 4.78 is 0. The van der Waals surface area contributed by atoms with Crippen LogP contribution in [0.3, 0.4) is 0 Å². The lowest BCUT2D eigenvalue weighted by molar-refractivity contribution is -0.125. The van der Waals surface area contributed by atoms with Crippen molar-refractivity contribution in [3.05, 3.63) is 36.0 Å². The van der Waals surface area contributed by atoms with Gasteiger partial charge in [-0.15, -0.1) is 0 Å². The van der Waals surface area contributed by atoms with Crippen molar-refractivity contribution in [3.63, 3.8) is 0 Å². The van der Waals surface area contributed by atoms with Crippen molar-refractivity contribution >= 4 is 23.2 Å². The van der Waals surface area contributed by atoms with Crippen LogP contribution in [0.4, 0.5) is 0 Å². The molecule has 0 saturated carbocycles. The third-order valence-corrected chi connectivity index (χ3v) is 3.58. The molecule has 0 saturated heterocycles. The Morgan fingerprint density at radius 1 is 1.38 bits per heavy atom. The van der Waals surface area contributed by atoms with Crippen LogP contribution in [-0.4, -0.2) is 29.4 Å².